The summed E-state index contributed by atoms with van der Waals surface area (Å²) in [6.07, 6.45) is 2.48. The number of carbonyl (C=O) groups excluding carboxylic acids is 1. The highest BCUT2D eigenvalue weighted by Gasteiger charge is 2.14. The van der Waals surface area contributed by atoms with Crippen LogP contribution in [0.15, 0.2) is 59.5 Å². The van der Waals surface area contributed by atoms with Crippen LogP contribution < -0.4 is 10.9 Å². The van der Waals surface area contributed by atoms with Crippen LogP contribution in [0.1, 0.15) is 18.9 Å². The molecule has 0 unspecified atom stereocenters. The standard InChI is InChI=1S/C20H20FN3O2/c1-2-17(23-19(25)11-14-7-9-16(21)10-8-14)13-24-20(26)18-6-4-3-5-15(18)12-22-24/h3-10,12,17H,2,11,13H2,1H3,(H,23,25)/t17-/m0/s1. The predicted molar refractivity (Wildman–Crippen MR) is 98.3 cm³/mol. The van der Waals surface area contributed by atoms with Crippen LogP contribution in [0.5, 0.6) is 0 Å². The summed E-state index contributed by atoms with van der Waals surface area (Å²) in [6, 6.07) is 12.9. The smallest absolute Gasteiger partial charge is 0.274 e. The number of benzene rings is 2. The van der Waals surface area contributed by atoms with Gasteiger partial charge in [-0.25, -0.2) is 9.07 Å². The van der Waals surface area contributed by atoms with Crippen LogP contribution in [-0.4, -0.2) is 21.7 Å². The molecule has 5 nitrogen and oxygen atoms in total. The molecule has 3 aromatic rings. The van der Waals surface area contributed by atoms with Gasteiger partial charge in [0.25, 0.3) is 5.56 Å². The highest BCUT2D eigenvalue weighted by Crippen LogP contribution is 2.07. The van der Waals surface area contributed by atoms with Gasteiger partial charge in [-0.3, -0.25) is 9.59 Å². The van der Waals surface area contributed by atoms with Crippen molar-refractivity contribution in [2.24, 2.45) is 0 Å². The van der Waals surface area contributed by atoms with E-state index in [1.165, 1.54) is 16.8 Å². The second-order valence-corrected chi connectivity index (χ2v) is 6.20. The second-order valence-electron chi connectivity index (χ2n) is 6.20. The van der Waals surface area contributed by atoms with Gasteiger partial charge in [0.05, 0.1) is 24.5 Å². The minimum absolute atomic E-state index is 0.164. The first-order valence-electron chi connectivity index (χ1n) is 8.55. The van der Waals surface area contributed by atoms with Gasteiger partial charge in [0, 0.05) is 11.4 Å². The fraction of sp³-hybridized carbons (Fsp3) is 0.250. The van der Waals surface area contributed by atoms with Crippen LogP contribution in [0.2, 0.25) is 0 Å². The molecule has 134 valence electrons. The van der Waals surface area contributed by atoms with Crippen LogP contribution in [-0.2, 0) is 17.8 Å². The van der Waals surface area contributed by atoms with E-state index in [1.54, 1.807) is 24.4 Å². The zero-order valence-corrected chi connectivity index (χ0v) is 14.5. The van der Waals surface area contributed by atoms with Gasteiger partial charge in [0.1, 0.15) is 5.82 Å². The van der Waals surface area contributed by atoms with E-state index in [2.05, 4.69) is 10.4 Å². The molecule has 0 saturated carbocycles. The van der Waals surface area contributed by atoms with Gasteiger partial charge in [0.2, 0.25) is 5.91 Å². The molecule has 0 fully saturated rings. The third-order valence-corrected chi connectivity index (χ3v) is 4.29. The summed E-state index contributed by atoms with van der Waals surface area (Å²) in [5.74, 6) is -0.500. The van der Waals surface area contributed by atoms with Crippen LogP contribution in [0.4, 0.5) is 4.39 Å². The summed E-state index contributed by atoms with van der Waals surface area (Å²) in [5, 5.41) is 8.53. The van der Waals surface area contributed by atoms with Gasteiger partial charge in [-0.2, -0.15) is 5.10 Å². The third kappa shape index (κ3) is 4.14. The van der Waals surface area contributed by atoms with E-state index in [0.717, 1.165) is 10.9 Å². The van der Waals surface area contributed by atoms with E-state index < -0.39 is 0 Å². The SMILES string of the molecule is CC[C@@H](Cn1ncc2ccccc2c1=O)NC(=O)Cc1ccc(F)cc1. The lowest BCUT2D eigenvalue weighted by atomic mass is 10.1. The van der Waals surface area contributed by atoms with E-state index >= 15 is 0 Å². The quantitative estimate of drug-likeness (QED) is 0.741. The predicted octanol–water partition coefficient (Wildman–Crippen LogP) is 2.67. The monoisotopic (exact) mass is 353 g/mol. The van der Waals surface area contributed by atoms with Crippen molar-refractivity contribution in [2.75, 3.05) is 0 Å². The molecular weight excluding hydrogens is 333 g/mol. The molecule has 0 spiro atoms. The first-order chi connectivity index (χ1) is 12.6. The number of hydrogen-bond acceptors (Lipinski definition) is 3. The van der Waals surface area contributed by atoms with Crippen molar-refractivity contribution in [3.8, 4) is 0 Å². The summed E-state index contributed by atoms with van der Waals surface area (Å²) in [6.45, 7) is 2.24. The number of nitrogens with one attached hydrogen (secondary N) is 1. The summed E-state index contributed by atoms with van der Waals surface area (Å²) < 4.78 is 14.3. The zero-order chi connectivity index (χ0) is 18.5. The third-order valence-electron chi connectivity index (χ3n) is 4.29. The number of fused-ring (bicyclic) bond motifs is 1. The molecule has 1 N–H and O–H groups in total. The van der Waals surface area contributed by atoms with E-state index in [0.29, 0.717) is 18.4 Å². The maximum Gasteiger partial charge on any atom is 0.274 e. The Kier molecular flexibility index (Phi) is 5.41. The molecule has 2 aromatic carbocycles. The molecule has 0 aliphatic carbocycles. The van der Waals surface area contributed by atoms with Crippen molar-refractivity contribution >= 4 is 16.7 Å². The number of carbonyl (C=O) groups is 1. The van der Waals surface area contributed by atoms with Crippen molar-refractivity contribution in [1.29, 1.82) is 0 Å². The summed E-state index contributed by atoms with van der Waals surface area (Å²) in [4.78, 5) is 24.8. The highest BCUT2D eigenvalue weighted by molar-refractivity contribution is 5.80. The van der Waals surface area contributed by atoms with Gasteiger partial charge < -0.3 is 5.32 Å². The maximum atomic E-state index is 12.9. The average Bonchev–Trinajstić information content (AvgIpc) is 2.65. The Hall–Kier alpha value is -3.02. The van der Waals surface area contributed by atoms with Gasteiger partial charge >= 0.3 is 0 Å². The molecule has 1 aromatic heterocycles. The molecule has 0 bridgehead atoms. The molecule has 0 aliphatic heterocycles. The zero-order valence-electron chi connectivity index (χ0n) is 14.5. The normalized spacial score (nSPS) is 12.1. The molecule has 1 heterocycles. The molecule has 0 aliphatic rings. The lowest BCUT2D eigenvalue weighted by Crippen LogP contribution is -2.41. The van der Waals surface area contributed by atoms with Crippen molar-refractivity contribution < 1.29 is 9.18 Å². The van der Waals surface area contributed by atoms with Gasteiger partial charge in [-0.15, -0.1) is 0 Å². The average molecular weight is 353 g/mol. The molecular formula is C20H20FN3O2. The van der Waals surface area contributed by atoms with Crippen molar-refractivity contribution in [3.63, 3.8) is 0 Å². The molecule has 1 amide bonds. The van der Waals surface area contributed by atoms with E-state index in [1.807, 2.05) is 25.1 Å². The largest absolute Gasteiger partial charge is 0.351 e. The molecule has 3 rings (SSSR count). The number of rotatable bonds is 6. The lowest BCUT2D eigenvalue weighted by Gasteiger charge is -2.18. The number of amides is 1. The number of halogens is 1. The van der Waals surface area contributed by atoms with Gasteiger partial charge in [-0.05, 0) is 30.2 Å². The minimum Gasteiger partial charge on any atom is -0.351 e. The van der Waals surface area contributed by atoms with Crippen LogP contribution in [0.3, 0.4) is 0 Å². The number of aromatic nitrogens is 2. The second kappa shape index (κ2) is 7.91. The molecule has 26 heavy (non-hydrogen) atoms. The van der Waals surface area contributed by atoms with Crippen LogP contribution in [0, 0.1) is 5.82 Å². The Morgan fingerprint density at radius 2 is 1.92 bits per heavy atom. The Bertz CT molecular complexity index is 967. The van der Waals surface area contributed by atoms with E-state index in [9.17, 15) is 14.0 Å². The summed E-state index contributed by atoms with van der Waals surface area (Å²) in [7, 11) is 0. The Balaban J connectivity index is 1.69. The maximum absolute atomic E-state index is 12.9. The molecule has 1 atom stereocenters. The molecule has 0 radical (unpaired) electrons. The van der Waals surface area contributed by atoms with E-state index in [4.69, 9.17) is 0 Å². The summed E-state index contributed by atoms with van der Waals surface area (Å²) in [5.41, 5.74) is 0.564. The fourth-order valence-electron chi connectivity index (χ4n) is 2.81. The summed E-state index contributed by atoms with van der Waals surface area (Å²) >= 11 is 0. The number of hydrogen-bond donors (Lipinski definition) is 1. The molecule has 6 heteroatoms. The van der Waals surface area contributed by atoms with E-state index in [-0.39, 0.29) is 29.7 Å². The minimum atomic E-state index is -0.331. The lowest BCUT2D eigenvalue weighted by molar-refractivity contribution is -0.121. The fourth-order valence-corrected chi connectivity index (χ4v) is 2.81. The Morgan fingerprint density at radius 3 is 2.65 bits per heavy atom. The van der Waals surface area contributed by atoms with Gasteiger partial charge in [-0.1, -0.05) is 37.3 Å². The Morgan fingerprint density at radius 1 is 1.19 bits per heavy atom. The van der Waals surface area contributed by atoms with Crippen molar-refractivity contribution in [3.05, 3.63) is 76.5 Å². The van der Waals surface area contributed by atoms with Crippen molar-refractivity contribution in [2.45, 2.75) is 32.4 Å². The topological polar surface area (TPSA) is 64.0 Å². The molecule has 0 saturated heterocycles. The first kappa shape index (κ1) is 17.8. The number of nitrogens with zero attached hydrogens (tertiary/aromatic N) is 2. The van der Waals surface area contributed by atoms with Gasteiger partial charge in [0.15, 0.2) is 0 Å². The Labute approximate surface area is 150 Å². The van der Waals surface area contributed by atoms with Crippen LogP contribution >= 0.6 is 0 Å². The van der Waals surface area contributed by atoms with Crippen LogP contribution in [0.25, 0.3) is 10.8 Å². The highest BCUT2D eigenvalue weighted by atomic mass is 19.1. The van der Waals surface area contributed by atoms with Crippen molar-refractivity contribution in [1.82, 2.24) is 15.1 Å². The first-order valence-corrected chi connectivity index (χ1v) is 8.55.